The number of benzene rings is 1. The van der Waals surface area contributed by atoms with E-state index in [1.165, 1.54) is 12.1 Å². The molecule has 0 radical (unpaired) electrons. The van der Waals surface area contributed by atoms with Crippen molar-refractivity contribution in [3.8, 4) is 0 Å². The standard InChI is InChI=1S/C12H13FO4S/c1-18(16,17)10-6-8(2-3-9(10)13)12(4-5-12)7-11(14)15/h2-3,6H,4-5,7H2,1H3,(H,14,15). The van der Waals surface area contributed by atoms with Gasteiger partial charge in [0.15, 0.2) is 9.84 Å². The van der Waals surface area contributed by atoms with Gasteiger partial charge in [0.1, 0.15) is 10.7 Å². The molecule has 1 aromatic carbocycles. The third-order valence-corrected chi connectivity index (χ3v) is 4.40. The van der Waals surface area contributed by atoms with Crippen molar-refractivity contribution >= 4 is 15.8 Å². The molecule has 0 aromatic heterocycles. The average Bonchev–Trinajstić information content (AvgIpc) is 2.96. The van der Waals surface area contributed by atoms with Crippen LogP contribution < -0.4 is 0 Å². The molecule has 98 valence electrons. The molecule has 0 aliphatic heterocycles. The Labute approximate surface area is 104 Å². The van der Waals surface area contributed by atoms with E-state index in [0.717, 1.165) is 12.3 Å². The highest BCUT2D eigenvalue weighted by Gasteiger charge is 2.46. The molecule has 0 bridgehead atoms. The van der Waals surface area contributed by atoms with Gasteiger partial charge in [-0.1, -0.05) is 6.07 Å². The monoisotopic (exact) mass is 272 g/mol. The second-order valence-corrected chi connectivity index (χ2v) is 6.75. The molecule has 1 aliphatic rings. The molecule has 0 spiro atoms. The normalized spacial score (nSPS) is 17.4. The molecule has 4 nitrogen and oxygen atoms in total. The number of carboxylic acids is 1. The molecule has 0 unspecified atom stereocenters. The molecule has 0 saturated heterocycles. The van der Waals surface area contributed by atoms with Crippen molar-refractivity contribution in [1.82, 2.24) is 0 Å². The zero-order valence-corrected chi connectivity index (χ0v) is 10.6. The van der Waals surface area contributed by atoms with Crippen LogP contribution in [0.3, 0.4) is 0 Å². The first-order valence-corrected chi connectivity index (χ1v) is 7.36. The van der Waals surface area contributed by atoms with Crippen molar-refractivity contribution < 1.29 is 22.7 Å². The lowest BCUT2D eigenvalue weighted by molar-refractivity contribution is -0.137. The van der Waals surface area contributed by atoms with Crippen LogP contribution in [0, 0.1) is 5.82 Å². The highest BCUT2D eigenvalue weighted by molar-refractivity contribution is 7.90. The van der Waals surface area contributed by atoms with E-state index in [1.54, 1.807) is 0 Å². The summed E-state index contributed by atoms with van der Waals surface area (Å²) in [5.41, 5.74) is 0.0747. The fourth-order valence-electron chi connectivity index (χ4n) is 2.13. The van der Waals surface area contributed by atoms with Crippen molar-refractivity contribution in [2.24, 2.45) is 0 Å². The van der Waals surface area contributed by atoms with E-state index in [2.05, 4.69) is 0 Å². The van der Waals surface area contributed by atoms with Crippen LogP contribution in [0.25, 0.3) is 0 Å². The molecule has 0 amide bonds. The SMILES string of the molecule is CS(=O)(=O)c1cc(C2(CC(=O)O)CC2)ccc1F. The predicted molar refractivity (Wildman–Crippen MR) is 62.7 cm³/mol. The predicted octanol–water partition coefficient (Wildman–Crippen LogP) is 1.74. The smallest absolute Gasteiger partial charge is 0.304 e. The van der Waals surface area contributed by atoms with Crippen molar-refractivity contribution in [2.45, 2.75) is 29.6 Å². The third-order valence-electron chi connectivity index (χ3n) is 3.29. The maximum atomic E-state index is 13.4. The minimum Gasteiger partial charge on any atom is -0.481 e. The van der Waals surface area contributed by atoms with Gasteiger partial charge in [-0.25, -0.2) is 12.8 Å². The first-order valence-electron chi connectivity index (χ1n) is 5.46. The summed E-state index contributed by atoms with van der Waals surface area (Å²) < 4.78 is 36.3. The highest BCUT2D eigenvalue weighted by Crippen LogP contribution is 2.51. The molecular formula is C12H13FO4S. The van der Waals surface area contributed by atoms with Crippen LogP contribution in [-0.4, -0.2) is 25.7 Å². The molecule has 1 saturated carbocycles. The summed E-state index contributed by atoms with van der Waals surface area (Å²) in [7, 11) is -3.64. The van der Waals surface area contributed by atoms with E-state index in [9.17, 15) is 17.6 Å². The second kappa shape index (κ2) is 4.05. The Morgan fingerprint density at radius 1 is 1.44 bits per heavy atom. The van der Waals surface area contributed by atoms with Crippen molar-refractivity contribution in [1.29, 1.82) is 0 Å². The summed E-state index contributed by atoms with van der Waals surface area (Å²) in [6.45, 7) is 0. The summed E-state index contributed by atoms with van der Waals surface area (Å²) in [6, 6.07) is 3.83. The maximum absolute atomic E-state index is 13.4. The Morgan fingerprint density at radius 2 is 2.06 bits per heavy atom. The lowest BCUT2D eigenvalue weighted by atomic mass is 9.92. The molecule has 1 fully saturated rings. The number of halogens is 1. The molecule has 0 heterocycles. The average molecular weight is 272 g/mol. The molecule has 18 heavy (non-hydrogen) atoms. The number of sulfone groups is 1. The Bertz CT molecular complexity index is 603. The van der Waals surface area contributed by atoms with Gasteiger partial charge >= 0.3 is 5.97 Å². The molecule has 2 rings (SSSR count). The van der Waals surface area contributed by atoms with Crippen molar-refractivity contribution in [2.75, 3.05) is 6.26 Å². The molecule has 6 heteroatoms. The van der Waals surface area contributed by atoms with Gasteiger partial charge in [-0.05, 0) is 30.5 Å². The fraction of sp³-hybridized carbons (Fsp3) is 0.417. The largest absolute Gasteiger partial charge is 0.481 e. The van der Waals surface area contributed by atoms with Crippen LogP contribution >= 0.6 is 0 Å². The number of aliphatic carboxylic acids is 1. The summed E-state index contributed by atoms with van der Waals surface area (Å²) in [4.78, 5) is 10.4. The lowest BCUT2D eigenvalue weighted by Gasteiger charge is -2.14. The molecule has 1 N–H and O–H groups in total. The first-order chi connectivity index (χ1) is 8.24. The lowest BCUT2D eigenvalue weighted by Crippen LogP contribution is -2.14. The summed E-state index contributed by atoms with van der Waals surface area (Å²) in [5, 5.41) is 8.84. The van der Waals surface area contributed by atoms with Crippen LogP contribution in [-0.2, 0) is 20.0 Å². The van der Waals surface area contributed by atoms with Crippen LogP contribution in [0.4, 0.5) is 4.39 Å². The minimum absolute atomic E-state index is 0.0537. The van der Waals surface area contributed by atoms with Gasteiger partial charge in [0.05, 0.1) is 6.42 Å². The molecule has 1 aromatic rings. The van der Waals surface area contributed by atoms with Crippen LogP contribution in [0.5, 0.6) is 0 Å². The third kappa shape index (κ3) is 2.38. The van der Waals surface area contributed by atoms with Gasteiger partial charge in [-0.15, -0.1) is 0 Å². The highest BCUT2D eigenvalue weighted by atomic mass is 32.2. The molecule has 1 aliphatic carbocycles. The fourth-order valence-corrected chi connectivity index (χ4v) is 2.89. The van der Waals surface area contributed by atoms with Crippen molar-refractivity contribution in [3.63, 3.8) is 0 Å². The number of carboxylic acid groups (broad SMARTS) is 1. The molecule has 0 atom stereocenters. The number of rotatable bonds is 4. The zero-order valence-electron chi connectivity index (χ0n) is 9.81. The van der Waals surface area contributed by atoms with Gasteiger partial charge in [-0.2, -0.15) is 0 Å². The van der Waals surface area contributed by atoms with Crippen LogP contribution in [0.2, 0.25) is 0 Å². The van der Waals surface area contributed by atoms with Crippen molar-refractivity contribution in [3.05, 3.63) is 29.6 Å². The quantitative estimate of drug-likeness (QED) is 0.906. The van der Waals surface area contributed by atoms with E-state index in [-0.39, 0.29) is 11.3 Å². The van der Waals surface area contributed by atoms with Crippen LogP contribution in [0.1, 0.15) is 24.8 Å². The Balaban J connectivity index is 2.46. The van der Waals surface area contributed by atoms with E-state index in [0.29, 0.717) is 18.4 Å². The number of hydrogen-bond donors (Lipinski definition) is 1. The second-order valence-electron chi connectivity index (χ2n) is 4.77. The van der Waals surface area contributed by atoms with E-state index >= 15 is 0 Å². The van der Waals surface area contributed by atoms with Gasteiger partial charge in [0.2, 0.25) is 0 Å². The van der Waals surface area contributed by atoms with E-state index < -0.39 is 27.0 Å². The Kier molecular flexibility index (Phi) is 2.93. The summed E-state index contributed by atoms with van der Waals surface area (Å²) >= 11 is 0. The van der Waals surface area contributed by atoms with Crippen LogP contribution in [0.15, 0.2) is 23.1 Å². The number of hydrogen-bond acceptors (Lipinski definition) is 3. The number of carbonyl (C=O) groups is 1. The Hall–Kier alpha value is -1.43. The van der Waals surface area contributed by atoms with Gasteiger partial charge in [0.25, 0.3) is 0 Å². The maximum Gasteiger partial charge on any atom is 0.304 e. The molecular weight excluding hydrogens is 259 g/mol. The summed E-state index contributed by atoms with van der Waals surface area (Å²) in [5.74, 6) is -1.73. The Morgan fingerprint density at radius 3 is 2.50 bits per heavy atom. The minimum atomic E-state index is -3.64. The first kappa shape index (κ1) is 13.0. The van der Waals surface area contributed by atoms with E-state index in [1.807, 2.05) is 0 Å². The summed E-state index contributed by atoms with van der Waals surface area (Å²) in [6.07, 6.45) is 2.26. The topological polar surface area (TPSA) is 71.4 Å². The van der Waals surface area contributed by atoms with Gasteiger partial charge in [0, 0.05) is 11.7 Å². The van der Waals surface area contributed by atoms with E-state index in [4.69, 9.17) is 5.11 Å². The van der Waals surface area contributed by atoms with Gasteiger partial charge in [-0.3, -0.25) is 4.79 Å². The zero-order chi connectivity index (χ0) is 13.6. The van der Waals surface area contributed by atoms with Gasteiger partial charge < -0.3 is 5.11 Å².